The maximum Gasteiger partial charge on any atom is 0.410 e. The number of H-pyrrole nitrogens is 1. The first-order valence-corrected chi connectivity index (χ1v) is 12.8. The van der Waals surface area contributed by atoms with Crippen molar-refractivity contribution in [2.24, 2.45) is 0 Å². The van der Waals surface area contributed by atoms with Gasteiger partial charge in [-0.25, -0.2) is 14.6 Å². The molecule has 1 aromatic carbocycles. The molecule has 0 aliphatic carbocycles. The van der Waals surface area contributed by atoms with Crippen LogP contribution >= 0.6 is 0 Å². The number of hydrogen-bond donors (Lipinski definition) is 3. The van der Waals surface area contributed by atoms with Gasteiger partial charge in [-0.3, -0.25) is 10.00 Å². The number of nitrogens with one attached hydrogen (secondary N) is 2. The third kappa shape index (κ3) is 5.26. The highest BCUT2D eigenvalue weighted by Crippen LogP contribution is 2.35. The van der Waals surface area contributed by atoms with Gasteiger partial charge in [0.15, 0.2) is 0 Å². The second-order valence-electron chi connectivity index (χ2n) is 11.3. The van der Waals surface area contributed by atoms with Crippen LogP contribution in [0.25, 0.3) is 22.2 Å². The predicted octanol–water partition coefficient (Wildman–Crippen LogP) is 3.61. The van der Waals surface area contributed by atoms with Crippen LogP contribution in [0.3, 0.4) is 0 Å². The lowest BCUT2D eigenvalue weighted by Crippen LogP contribution is -2.52. The molecule has 4 heterocycles. The molecule has 3 aromatic rings. The number of aromatic nitrogens is 4. The zero-order valence-corrected chi connectivity index (χ0v) is 22.4. The van der Waals surface area contributed by atoms with E-state index >= 15 is 0 Å². The van der Waals surface area contributed by atoms with Gasteiger partial charge >= 0.3 is 12.1 Å². The second-order valence-corrected chi connectivity index (χ2v) is 11.3. The first-order valence-electron chi connectivity index (χ1n) is 12.8. The predicted molar refractivity (Wildman–Crippen MR) is 141 cm³/mol. The fourth-order valence-corrected chi connectivity index (χ4v) is 4.68. The van der Waals surface area contributed by atoms with Crippen molar-refractivity contribution in [2.45, 2.75) is 57.8 Å². The number of carbonyl (C=O) groups is 2. The number of urea groups is 1. The second kappa shape index (κ2) is 9.50. The molecule has 0 atom stereocenters. The largest absolute Gasteiger partial charge is 0.494 e. The molecule has 3 amide bonds. The summed E-state index contributed by atoms with van der Waals surface area (Å²) in [5.41, 5.74) is 1.76. The van der Waals surface area contributed by atoms with E-state index in [0.29, 0.717) is 61.8 Å². The molecule has 0 unspecified atom stereocenters. The van der Waals surface area contributed by atoms with Crippen molar-refractivity contribution < 1.29 is 24.2 Å². The van der Waals surface area contributed by atoms with Crippen molar-refractivity contribution in [1.29, 1.82) is 0 Å². The third-order valence-electron chi connectivity index (χ3n) is 6.98. The third-order valence-corrected chi connectivity index (χ3v) is 6.98. The highest BCUT2D eigenvalue weighted by atomic mass is 16.6. The summed E-state index contributed by atoms with van der Waals surface area (Å²) in [5.74, 6) is 0.890. The first kappa shape index (κ1) is 25.8. The van der Waals surface area contributed by atoms with Crippen LogP contribution < -0.4 is 10.1 Å². The van der Waals surface area contributed by atoms with Gasteiger partial charge in [0.2, 0.25) is 5.95 Å². The Labute approximate surface area is 220 Å². The number of amides is 3. The highest BCUT2D eigenvalue weighted by Gasteiger charge is 2.35. The minimum absolute atomic E-state index is 0.0620. The summed E-state index contributed by atoms with van der Waals surface area (Å²) in [6.45, 7) is 9.34. The number of imidazole rings is 1. The van der Waals surface area contributed by atoms with Crippen molar-refractivity contribution in [3.05, 3.63) is 24.5 Å². The number of carbonyl (C=O) groups excluding carboxylic acids is 2. The lowest BCUT2D eigenvalue weighted by molar-refractivity contribution is -0.000475. The van der Waals surface area contributed by atoms with Crippen LogP contribution in [-0.4, -0.2) is 91.3 Å². The number of ether oxygens (including phenoxy) is 2. The Morgan fingerprint density at radius 2 is 1.89 bits per heavy atom. The normalized spacial score (nSPS) is 17.8. The topological polar surface area (TPSA) is 138 Å². The van der Waals surface area contributed by atoms with Gasteiger partial charge in [-0.05, 0) is 52.7 Å². The van der Waals surface area contributed by atoms with Crippen molar-refractivity contribution in [2.75, 3.05) is 38.6 Å². The van der Waals surface area contributed by atoms with E-state index in [1.807, 2.05) is 43.8 Å². The Bertz CT molecular complexity index is 1340. The van der Waals surface area contributed by atoms with Crippen molar-refractivity contribution in [1.82, 2.24) is 29.5 Å². The van der Waals surface area contributed by atoms with Gasteiger partial charge in [-0.1, -0.05) is 0 Å². The average Bonchev–Trinajstić information content (AvgIpc) is 3.43. The minimum Gasteiger partial charge on any atom is -0.494 e. The van der Waals surface area contributed by atoms with E-state index < -0.39 is 11.2 Å². The number of hydrogen-bond acceptors (Lipinski definition) is 7. The van der Waals surface area contributed by atoms with E-state index in [4.69, 9.17) is 9.47 Å². The Morgan fingerprint density at radius 3 is 2.55 bits per heavy atom. The maximum absolute atomic E-state index is 12.8. The molecule has 3 N–H and O–H groups in total. The summed E-state index contributed by atoms with van der Waals surface area (Å²) >= 11 is 0. The van der Waals surface area contributed by atoms with Crippen LogP contribution in [0.2, 0.25) is 0 Å². The number of nitrogens with zero attached hydrogens (tertiary/aromatic N) is 5. The van der Waals surface area contributed by atoms with Crippen LogP contribution in [0, 0.1) is 0 Å². The van der Waals surface area contributed by atoms with E-state index in [2.05, 4.69) is 20.4 Å². The number of methoxy groups -OCH3 is 1. The fourth-order valence-electron chi connectivity index (χ4n) is 4.68. The Kier molecular flexibility index (Phi) is 6.46. The molecule has 2 aliphatic heterocycles. The molecule has 0 spiro atoms. The first-order chi connectivity index (χ1) is 17.9. The summed E-state index contributed by atoms with van der Waals surface area (Å²) in [7, 11) is 1.58. The number of benzene rings is 1. The van der Waals surface area contributed by atoms with Crippen LogP contribution in [0.5, 0.6) is 5.75 Å². The van der Waals surface area contributed by atoms with Gasteiger partial charge in [0.1, 0.15) is 16.9 Å². The van der Waals surface area contributed by atoms with Gasteiger partial charge in [0.05, 0.1) is 30.5 Å². The number of piperidine rings is 1. The standard InChI is InChI=1S/C26H35N7O5/c1-25(2,3)38-24(35)32-14-17(15-32)33-13-16(12-27-33)18-6-7-19(37-5)21-20(18)28-22(29-21)30-23(34)31-10-8-26(4,36)9-11-31/h6-7,12-13,17,36H,8-11,14-15H2,1-5H3,(H2,28,29,30,34). The summed E-state index contributed by atoms with van der Waals surface area (Å²) in [6, 6.07) is 3.55. The smallest absolute Gasteiger partial charge is 0.410 e. The quantitative estimate of drug-likeness (QED) is 0.473. The maximum atomic E-state index is 12.8. The SMILES string of the molecule is COc1ccc(-c2cnn(C3CN(C(=O)OC(C)(C)C)C3)c2)c2[nH]c(NC(=O)N3CCC(C)(O)CC3)nc12. The molecule has 2 aliphatic rings. The highest BCUT2D eigenvalue weighted by molar-refractivity contribution is 5.98. The van der Waals surface area contributed by atoms with Crippen molar-refractivity contribution in [3.63, 3.8) is 0 Å². The number of anilines is 1. The van der Waals surface area contributed by atoms with Gasteiger partial charge in [-0.15, -0.1) is 0 Å². The molecule has 0 radical (unpaired) electrons. The molecule has 38 heavy (non-hydrogen) atoms. The molecular weight excluding hydrogens is 490 g/mol. The Morgan fingerprint density at radius 1 is 1.18 bits per heavy atom. The van der Waals surface area contributed by atoms with E-state index in [0.717, 1.165) is 11.1 Å². The molecule has 2 fully saturated rings. The van der Waals surface area contributed by atoms with Gasteiger partial charge in [-0.2, -0.15) is 5.10 Å². The lowest BCUT2D eigenvalue weighted by atomic mass is 9.94. The lowest BCUT2D eigenvalue weighted by Gasteiger charge is -2.39. The molecule has 12 nitrogen and oxygen atoms in total. The van der Waals surface area contributed by atoms with E-state index in [-0.39, 0.29) is 18.2 Å². The van der Waals surface area contributed by atoms with Crippen molar-refractivity contribution >= 4 is 29.1 Å². The van der Waals surface area contributed by atoms with Gasteiger partial charge in [0.25, 0.3) is 0 Å². The van der Waals surface area contributed by atoms with Crippen LogP contribution in [-0.2, 0) is 4.74 Å². The fraction of sp³-hybridized carbons (Fsp3) is 0.538. The molecule has 12 heteroatoms. The number of rotatable bonds is 4. The van der Waals surface area contributed by atoms with E-state index in [9.17, 15) is 14.7 Å². The van der Waals surface area contributed by atoms with Crippen LogP contribution in [0.15, 0.2) is 24.5 Å². The summed E-state index contributed by atoms with van der Waals surface area (Å²) in [5, 5.41) is 17.5. The van der Waals surface area contributed by atoms with Crippen LogP contribution in [0.4, 0.5) is 15.5 Å². The number of aromatic amines is 1. The average molecular weight is 526 g/mol. The molecule has 2 saturated heterocycles. The van der Waals surface area contributed by atoms with Crippen LogP contribution in [0.1, 0.15) is 46.6 Å². The molecule has 204 valence electrons. The zero-order chi connectivity index (χ0) is 27.2. The van der Waals surface area contributed by atoms with E-state index in [1.165, 1.54) is 0 Å². The molecule has 2 aromatic heterocycles. The number of likely N-dealkylation sites (tertiary alicyclic amines) is 2. The summed E-state index contributed by atoms with van der Waals surface area (Å²) in [6.07, 6.45) is 4.45. The zero-order valence-electron chi connectivity index (χ0n) is 22.4. The van der Waals surface area contributed by atoms with E-state index in [1.54, 1.807) is 30.0 Å². The Hall–Kier alpha value is -3.80. The summed E-state index contributed by atoms with van der Waals surface area (Å²) < 4.78 is 12.8. The molecule has 0 bridgehead atoms. The number of aliphatic hydroxyl groups is 1. The van der Waals surface area contributed by atoms with Crippen molar-refractivity contribution in [3.8, 4) is 16.9 Å². The Balaban J connectivity index is 1.32. The molecular formula is C26H35N7O5. The molecule has 5 rings (SSSR count). The monoisotopic (exact) mass is 525 g/mol. The minimum atomic E-state index is -0.740. The molecule has 0 saturated carbocycles. The summed E-state index contributed by atoms with van der Waals surface area (Å²) in [4.78, 5) is 36.2. The number of fused-ring (bicyclic) bond motifs is 1. The van der Waals surface area contributed by atoms with Gasteiger partial charge in [0, 0.05) is 43.5 Å². The van der Waals surface area contributed by atoms with Gasteiger partial charge < -0.3 is 29.4 Å².